The van der Waals surface area contributed by atoms with Gasteiger partial charge in [0.25, 0.3) is 11.8 Å². The summed E-state index contributed by atoms with van der Waals surface area (Å²) < 4.78 is 7.36. The van der Waals surface area contributed by atoms with Crippen LogP contribution in [-0.4, -0.2) is 48.8 Å². The monoisotopic (exact) mass is 406 g/mol. The molecule has 2 fully saturated rings. The van der Waals surface area contributed by atoms with Gasteiger partial charge in [-0.2, -0.15) is 10.1 Å². The van der Waals surface area contributed by atoms with Crippen molar-refractivity contribution in [2.45, 2.75) is 44.4 Å². The fraction of sp³-hybridized carbons (Fsp3) is 0.500. The summed E-state index contributed by atoms with van der Waals surface area (Å²) >= 11 is 0. The van der Waals surface area contributed by atoms with Gasteiger partial charge in [-0.05, 0) is 44.2 Å². The van der Waals surface area contributed by atoms with Gasteiger partial charge in [0.05, 0.1) is 11.8 Å². The molecule has 0 atom stereocenters. The fourth-order valence-electron chi connectivity index (χ4n) is 4.46. The maximum Gasteiger partial charge on any atom is 0.258 e. The normalized spacial score (nSPS) is 18.5. The van der Waals surface area contributed by atoms with E-state index in [1.54, 1.807) is 23.3 Å². The zero-order chi connectivity index (χ0) is 20.7. The van der Waals surface area contributed by atoms with Gasteiger partial charge in [0.1, 0.15) is 0 Å². The summed E-state index contributed by atoms with van der Waals surface area (Å²) in [6, 6.07) is 3.75. The van der Waals surface area contributed by atoms with Crippen LogP contribution in [0.15, 0.2) is 35.2 Å². The number of piperidine rings is 1. The van der Waals surface area contributed by atoms with Crippen LogP contribution in [0.5, 0.6) is 0 Å². The summed E-state index contributed by atoms with van der Waals surface area (Å²) in [6.45, 7) is 3.32. The number of aryl methyl sites for hydroxylation is 1. The predicted molar refractivity (Wildman–Crippen MR) is 110 cm³/mol. The lowest BCUT2D eigenvalue weighted by molar-refractivity contribution is 0.0644. The first kappa shape index (κ1) is 19.0. The van der Waals surface area contributed by atoms with E-state index >= 15 is 0 Å². The Hall–Kier alpha value is -3.03. The second kappa shape index (κ2) is 7.34. The molecule has 0 bridgehead atoms. The first-order valence-electron chi connectivity index (χ1n) is 10.6. The Morgan fingerprint density at radius 1 is 1.23 bits per heavy atom. The number of amides is 1. The average Bonchev–Trinajstić information content (AvgIpc) is 3.32. The van der Waals surface area contributed by atoms with Crippen molar-refractivity contribution < 1.29 is 9.32 Å². The number of aromatic nitrogens is 5. The van der Waals surface area contributed by atoms with Crippen molar-refractivity contribution in [1.29, 1.82) is 0 Å². The van der Waals surface area contributed by atoms with E-state index in [4.69, 9.17) is 9.51 Å². The summed E-state index contributed by atoms with van der Waals surface area (Å²) in [5, 5.41) is 8.61. The Labute approximate surface area is 175 Å². The number of rotatable bonds is 5. The van der Waals surface area contributed by atoms with Crippen molar-refractivity contribution in [3.05, 3.63) is 47.8 Å². The van der Waals surface area contributed by atoms with E-state index in [9.17, 15) is 4.79 Å². The van der Waals surface area contributed by atoms with Crippen LogP contribution in [0.1, 0.15) is 54.0 Å². The Morgan fingerprint density at radius 3 is 2.60 bits per heavy atom. The molecule has 0 spiro atoms. The van der Waals surface area contributed by atoms with Crippen LogP contribution in [0.4, 0.5) is 0 Å². The van der Waals surface area contributed by atoms with Crippen LogP contribution in [-0.2, 0) is 12.5 Å². The molecule has 3 aromatic heterocycles. The summed E-state index contributed by atoms with van der Waals surface area (Å²) in [7, 11) is 1.86. The molecule has 8 nitrogen and oxygen atoms in total. The van der Waals surface area contributed by atoms with Crippen LogP contribution >= 0.6 is 0 Å². The molecule has 1 saturated heterocycles. The number of likely N-dealkylation sites (tertiary alicyclic amines) is 1. The molecule has 1 aliphatic heterocycles. The number of carbonyl (C=O) groups is 1. The lowest BCUT2D eigenvalue weighted by atomic mass is 9.73. The maximum atomic E-state index is 13.0. The van der Waals surface area contributed by atoms with Gasteiger partial charge >= 0.3 is 0 Å². The summed E-state index contributed by atoms with van der Waals surface area (Å²) in [5.41, 5.74) is 2.34. The van der Waals surface area contributed by atoms with Crippen molar-refractivity contribution in [3.8, 4) is 11.5 Å². The maximum absolute atomic E-state index is 13.0. The molecule has 4 heterocycles. The summed E-state index contributed by atoms with van der Waals surface area (Å²) in [5.74, 6) is 2.11. The molecule has 1 amide bonds. The predicted octanol–water partition coefficient (Wildman–Crippen LogP) is 3.15. The van der Waals surface area contributed by atoms with E-state index in [2.05, 4.69) is 15.2 Å². The van der Waals surface area contributed by atoms with Crippen LogP contribution in [0.3, 0.4) is 0 Å². The molecular formula is C22H26N6O2. The van der Waals surface area contributed by atoms with Gasteiger partial charge in [-0.15, -0.1) is 0 Å². The third kappa shape index (κ3) is 3.40. The topological polar surface area (TPSA) is 89.9 Å². The highest BCUT2D eigenvalue weighted by molar-refractivity contribution is 5.95. The zero-order valence-electron chi connectivity index (χ0n) is 17.4. The molecule has 0 unspecified atom stereocenters. The van der Waals surface area contributed by atoms with E-state index in [1.807, 2.05) is 31.0 Å². The van der Waals surface area contributed by atoms with Crippen LogP contribution in [0.25, 0.3) is 11.5 Å². The largest absolute Gasteiger partial charge is 0.338 e. The number of hydrogen-bond donors (Lipinski definition) is 0. The first-order valence-corrected chi connectivity index (χ1v) is 10.6. The van der Waals surface area contributed by atoms with Crippen molar-refractivity contribution in [3.63, 3.8) is 0 Å². The molecule has 5 rings (SSSR count). The highest BCUT2D eigenvalue weighted by Crippen LogP contribution is 2.47. The standard InChI is InChI=1S/C22H26N6O2/c1-15-18(14-24-27(15)2)20(29)28-11-7-22(8-12-28,13-16-3-4-16)21-25-19(30-26-21)17-5-9-23-10-6-17/h5-6,9-10,14,16H,3-4,7-8,11-13H2,1-2H3. The number of nitrogens with zero attached hydrogens (tertiary/aromatic N) is 6. The van der Waals surface area contributed by atoms with Gasteiger partial charge in [0, 0.05) is 49.2 Å². The van der Waals surface area contributed by atoms with Gasteiger partial charge in [-0.3, -0.25) is 14.5 Å². The third-order valence-electron chi connectivity index (χ3n) is 6.68. The van der Waals surface area contributed by atoms with E-state index in [-0.39, 0.29) is 11.3 Å². The van der Waals surface area contributed by atoms with Crippen LogP contribution in [0, 0.1) is 12.8 Å². The highest BCUT2D eigenvalue weighted by Gasteiger charge is 2.45. The molecule has 0 radical (unpaired) electrons. The smallest absolute Gasteiger partial charge is 0.258 e. The molecule has 156 valence electrons. The molecule has 2 aliphatic rings. The van der Waals surface area contributed by atoms with Crippen LogP contribution < -0.4 is 0 Å². The first-order chi connectivity index (χ1) is 14.6. The van der Waals surface area contributed by atoms with Crippen molar-refractivity contribution in [2.24, 2.45) is 13.0 Å². The van der Waals surface area contributed by atoms with Crippen molar-refractivity contribution in [2.75, 3.05) is 13.1 Å². The zero-order valence-corrected chi connectivity index (χ0v) is 17.4. The number of carbonyl (C=O) groups excluding carboxylic acids is 1. The van der Waals surface area contributed by atoms with Gasteiger partial charge in [-0.1, -0.05) is 18.0 Å². The SMILES string of the molecule is Cc1c(C(=O)N2CCC(CC3CC3)(c3noc(-c4ccncc4)n3)CC2)cnn1C. The van der Waals surface area contributed by atoms with E-state index in [0.717, 1.165) is 42.3 Å². The van der Waals surface area contributed by atoms with E-state index < -0.39 is 0 Å². The second-order valence-electron chi connectivity index (χ2n) is 8.65. The molecular weight excluding hydrogens is 380 g/mol. The van der Waals surface area contributed by atoms with Crippen molar-refractivity contribution in [1.82, 2.24) is 29.8 Å². The Kier molecular flexibility index (Phi) is 4.64. The second-order valence-corrected chi connectivity index (χ2v) is 8.65. The number of pyridine rings is 1. The third-order valence-corrected chi connectivity index (χ3v) is 6.68. The van der Waals surface area contributed by atoms with Gasteiger partial charge < -0.3 is 9.42 Å². The molecule has 3 aromatic rings. The van der Waals surface area contributed by atoms with Gasteiger partial charge in [0.2, 0.25) is 0 Å². The minimum Gasteiger partial charge on any atom is -0.338 e. The van der Waals surface area contributed by atoms with Gasteiger partial charge in [-0.25, -0.2) is 0 Å². The number of hydrogen-bond acceptors (Lipinski definition) is 6. The molecule has 0 N–H and O–H groups in total. The van der Waals surface area contributed by atoms with Gasteiger partial charge in [0.15, 0.2) is 5.82 Å². The lowest BCUT2D eigenvalue weighted by Crippen LogP contribution is -2.46. The Bertz CT molecular complexity index is 1040. The average molecular weight is 406 g/mol. The quantitative estimate of drug-likeness (QED) is 0.647. The molecule has 30 heavy (non-hydrogen) atoms. The summed E-state index contributed by atoms with van der Waals surface area (Å²) in [4.78, 5) is 23.8. The van der Waals surface area contributed by atoms with E-state index in [1.165, 1.54) is 12.8 Å². The lowest BCUT2D eigenvalue weighted by Gasteiger charge is -2.40. The van der Waals surface area contributed by atoms with E-state index in [0.29, 0.717) is 24.5 Å². The fourth-order valence-corrected chi connectivity index (χ4v) is 4.46. The molecule has 1 saturated carbocycles. The minimum absolute atomic E-state index is 0.0613. The minimum atomic E-state index is -0.128. The van der Waals surface area contributed by atoms with Crippen molar-refractivity contribution >= 4 is 5.91 Å². The summed E-state index contributed by atoms with van der Waals surface area (Å²) in [6.07, 6.45) is 10.4. The molecule has 8 heteroatoms. The Balaban J connectivity index is 1.37. The highest BCUT2D eigenvalue weighted by atomic mass is 16.5. The van der Waals surface area contributed by atoms with Crippen LogP contribution in [0.2, 0.25) is 0 Å². The Morgan fingerprint density at radius 2 is 1.97 bits per heavy atom. The molecule has 1 aliphatic carbocycles. The molecule has 0 aromatic carbocycles.